The highest BCUT2D eigenvalue weighted by Crippen LogP contribution is 2.19. The fourth-order valence-electron chi connectivity index (χ4n) is 1.93. The van der Waals surface area contributed by atoms with E-state index >= 15 is 0 Å². The Labute approximate surface area is 121 Å². The van der Waals surface area contributed by atoms with Gasteiger partial charge in [0.25, 0.3) is 5.91 Å². The fourth-order valence-corrected chi connectivity index (χ4v) is 1.93. The maximum atomic E-state index is 13.0. The van der Waals surface area contributed by atoms with Crippen molar-refractivity contribution in [1.82, 2.24) is 0 Å². The van der Waals surface area contributed by atoms with Crippen LogP contribution in [0, 0.1) is 25.5 Å². The highest BCUT2D eigenvalue weighted by molar-refractivity contribution is 5.91. The molecule has 2 aromatic rings. The Morgan fingerprint density at radius 1 is 1.10 bits per heavy atom. The Morgan fingerprint density at radius 3 is 2.38 bits per heavy atom. The predicted molar refractivity (Wildman–Crippen MR) is 76.4 cm³/mol. The van der Waals surface area contributed by atoms with Crippen LogP contribution in [0.25, 0.3) is 0 Å². The monoisotopic (exact) mass is 291 g/mol. The number of benzene rings is 2. The molecule has 0 heterocycles. The second-order valence-electron chi connectivity index (χ2n) is 4.76. The number of nitrogens with one attached hydrogen (secondary N) is 1. The molecule has 0 aromatic heterocycles. The third-order valence-corrected chi connectivity index (χ3v) is 2.84. The first-order valence-corrected chi connectivity index (χ1v) is 6.40. The second kappa shape index (κ2) is 6.35. The molecule has 2 rings (SSSR count). The van der Waals surface area contributed by atoms with Gasteiger partial charge in [-0.2, -0.15) is 0 Å². The van der Waals surface area contributed by atoms with Crippen LogP contribution in [0.5, 0.6) is 5.75 Å². The van der Waals surface area contributed by atoms with Crippen LogP contribution >= 0.6 is 0 Å². The lowest BCUT2D eigenvalue weighted by atomic mass is 10.1. The summed E-state index contributed by atoms with van der Waals surface area (Å²) in [6.45, 7) is 3.60. The number of hydrogen-bond acceptors (Lipinski definition) is 2. The van der Waals surface area contributed by atoms with E-state index in [1.54, 1.807) is 6.07 Å². The molecule has 0 fully saturated rings. The van der Waals surface area contributed by atoms with Gasteiger partial charge in [0.15, 0.2) is 6.61 Å². The van der Waals surface area contributed by atoms with E-state index in [2.05, 4.69) is 5.32 Å². The lowest BCUT2D eigenvalue weighted by Crippen LogP contribution is -2.20. The van der Waals surface area contributed by atoms with Crippen molar-refractivity contribution in [3.05, 3.63) is 59.2 Å². The first-order valence-electron chi connectivity index (χ1n) is 6.40. The molecular weight excluding hydrogens is 276 g/mol. The Kier molecular flexibility index (Phi) is 4.52. The Hall–Kier alpha value is -2.43. The standard InChI is InChI=1S/C16H15F2NO2/c1-10-3-4-15(11(2)5-10)21-9-16(20)19-14-7-12(17)6-13(18)8-14/h3-8H,9H2,1-2H3,(H,19,20). The number of carbonyl (C=O) groups excluding carboxylic acids is 1. The molecule has 1 N–H and O–H groups in total. The molecule has 0 aliphatic heterocycles. The molecule has 5 heteroatoms. The van der Waals surface area contributed by atoms with Gasteiger partial charge >= 0.3 is 0 Å². The van der Waals surface area contributed by atoms with Gasteiger partial charge in [-0.25, -0.2) is 8.78 Å². The van der Waals surface area contributed by atoms with Gasteiger partial charge in [-0.05, 0) is 37.6 Å². The molecular formula is C16H15F2NO2. The Balaban J connectivity index is 1.95. The molecule has 110 valence electrons. The molecule has 0 aliphatic carbocycles. The minimum Gasteiger partial charge on any atom is -0.483 e. The van der Waals surface area contributed by atoms with Gasteiger partial charge in [-0.3, -0.25) is 4.79 Å². The van der Waals surface area contributed by atoms with Gasteiger partial charge in [-0.15, -0.1) is 0 Å². The minimum absolute atomic E-state index is 0.0572. The molecule has 0 saturated heterocycles. The molecule has 3 nitrogen and oxygen atoms in total. The second-order valence-corrected chi connectivity index (χ2v) is 4.76. The van der Waals surface area contributed by atoms with Gasteiger partial charge < -0.3 is 10.1 Å². The van der Waals surface area contributed by atoms with Crippen LogP contribution < -0.4 is 10.1 Å². The van der Waals surface area contributed by atoms with E-state index in [9.17, 15) is 13.6 Å². The van der Waals surface area contributed by atoms with Crippen molar-refractivity contribution in [1.29, 1.82) is 0 Å². The average Bonchev–Trinajstić information content (AvgIpc) is 2.36. The summed E-state index contributed by atoms with van der Waals surface area (Å²) in [7, 11) is 0. The zero-order chi connectivity index (χ0) is 15.4. The van der Waals surface area contributed by atoms with Gasteiger partial charge in [0.2, 0.25) is 0 Å². The first-order chi connectivity index (χ1) is 9.94. The van der Waals surface area contributed by atoms with E-state index in [-0.39, 0.29) is 12.3 Å². The number of hydrogen-bond donors (Lipinski definition) is 1. The van der Waals surface area contributed by atoms with Crippen molar-refractivity contribution >= 4 is 11.6 Å². The number of carbonyl (C=O) groups is 1. The average molecular weight is 291 g/mol. The van der Waals surface area contributed by atoms with Crippen LogP contribution in [0.2, 0.25) is 0 Å². The van der Waals surface area contributed by atoms with Crippen molar-refractivity contribution in [2.24, 2.45) is 0 Å². The highest BCUT2D eigenvalue weighted by atomic mass is 19.1. The molecule has 0 radical (unpaired) electrons. The summed E-state index contributed by atoms with van der Waals surface area (Å²) in [4.78, 5) is 11.7. The lowest BCUT2D eigenvalue weighted by Gasteiger charge is -2.10. The SMILES string of the molecule is Cc1ccc(OCC(=O)Nc2cc(F)cc(F)c2)c(C)c1. The number of rotatable bonds is 4. The topological polar surface area (TPSA) is 38.3 Å². The van der Waals surface area contributed by atoms with Crippen molar-refractivity contribution < 1.29 is 18.3 Å². The number of amides is 1. The zero-order valence-electron chi connectivity index (χ0n) is 11.7. The van der Waals surface area contributed by atoms with Crippen LogP contribution in [0.1, 0.15) is 11.1 Å². The number of halogens is 2. The molecule has 0 aliphatic rings. The molecule has 0 spiro atoms. The number of aryl methyl sites for hydroxylation is 2. The van der Waals surface area contributed by atoms with E-state index in [4.69, 9.17) is 4.74 Å². The Bertz CT molecular complexity index is 651. The molecule has 0 unspecified atom stereocenters. The lowest BCUT2D eigenvalue weighted by molar-refractivity contribution is -0.118. The van der Waals surface area contributed by atoms with Gasteiger partial charge in [0.05, 0.1) is 0 Å². The van der Waals surface area contributed by atoms with E-state index in [0.29, 0.717) is 5.75 Å². The first kappa shape index (κ1) is 15.0. The number of ether oxygens (including phenoxy) is 1. The Morgan fingerprint density at radius 2 is 1.76 bits per heavy atom. The normalized spacial score (nSPS) is 10.3. The van der Waals surface area contributed by atoms with E-state index in [1.165, 1.54) is 0 Å². The quantitative estimate of drug-likeness (QED) is 0.934. The van der Waals surface area contributed by atoms with Crippen molar-refractivity contribution in [2.45, 2.75) is 13.8 Å². The summed E-state index contributed by atoms with van der Waals surface area (Å²) < 4.78 is 31.4. The summed E-state index contributed by atoms with van der Waals surface area (Å²) in [5, 5.41) is 2.38. The maximum Gasteiger partial charge on any atom is 0.262 e. The summed E-state index contributed by atoms with van der Waals surface area (Å²) in [6, 6.07) is 8.41. The third-order valence-electron chi connectivity index (χ3n) is 2.84. The smallest absolute Gasteiger partial charge is 0.262 e. The largest absolute Gasteiger partial charge is 0.483 e. The van der Waals surface area contributed by atoms with Gasteiger partial charge in [-0.1, -0.05) is 17.7 Å². The summed E-state index contributed by atoms with van der Waals surface area (Å²) in [5.74, 6) is -1.39. The molecule has 0 saturated carbocycles. The maximum absolute atomic E-state index is 13.0. The van der Waals surface area contributed by atoms with Crippen LogP contribution in [0.4, 0.5) is 14.5 Å². The molecule has 0 atom stereocenters. The van der Waals surface area contributed by atoms with E-state index in [1.807, 2.05) is 26.0 Å². The van der Waals surface area contributed by atoms with Crippen LogP contribution in [-0.4, -0.2) is 12.5 Å². The minimum atomic E-state index is -0.749. The van der Waals surface area contributed by atoms with Crippen LogP contribution in [0.3, 0.4) is 0 Å². The van der Waals surface area contributed by atoms with Crippen LogP contribution in [0.15, 0.2) is 36.4 Å². The highest BCUT2D eigenvalue weighted by Gasteiger charge is 2.07. The van der Waals surface area contributed by atoms with Crippen molar-refractivity contribution in [3.8, 4) is 5.75 Å². The molecule has 1 amide bonds. The van der Waals surface area contributed by atoms with E-state index < -0.39 is 17.5 Å². The predicted octanol–water partition coefficient (Wildman–Crippen LogP) is 3.60. The summed E-state index contributed by atoms with van der Waals surface area (Å²) >= 11 is 0. The third kappa shape index (κ3) is 4.27. The van der Waals surface area contributed by atoms with Gasteiger partial charge in [0, 0.05) is 11.8 Å². The van der Waals surface area contributed by atoms with E-state index in [0.717, 1.165) is 29.3 Å². The summed E-state index contributed by atoms with van der Waals surface area (Å²) in [6.07, 6.45) is 0. The fraction of sp³-hybridized carbons (Fsp3) is 0.188. The van der Waals surface area contributed by atoms with Crippen molar-refractivity contribution in [3.63, 3.8) is 0 Å². The molecule has 0 bridgehead atoms. The van der Waals surface area contributed by atoms with Gasteiger partial charge in [0.1, 0.15) is 17.4 Å². The number of anilines is 1. The van der Waals surface area contributed by atoms with Crippen molar-refractivity contribution in [2.75, 3.05) is 11.9 Å². The molecule has 2 aromatic carbocycles. The summed E-state index contributed by atoms with van der Waals surface area (Å²) in [5.41, 5.74) is 2.07. The van der Waals surface area contributed by atoms with Crippen LogP contribution in [-0.2, 0) is 4.79 Å². The zero-order valence-corrected chi connectivity index (χ0v) is 11.7. The molecule has 21 heavy (non-hydrogen) atoms.